The molecular formula is C20H18F2N4O2S. The van der Waals surface area contributed by atoms with Gasteiger partial charge in [0.25, 0.3) is 6.43 Å². The first-order valence-corrected chi connectivity index (χ1v) is 9.61. The monoisotopic (exact) mass is 416 g/mol. The predicted molar refractivity (Wildman–Crippen MR) is 108 cm³/mol. The zero-order chi connectivity index (χ0) is 20.8. The molecule has 1 aromatic heterocycles. The maximum absolute atomic E-state index is 12.6. The maximum atomic E-state index is 12.6. The van der Waals surface area contributed by atoms with Crippen LogP contribution in [0.1, 0.15) is 12.0 Å². The summed E-state index contributed by atoms with van der Waals surface area (Å²) in [5, 5.41) is 21.5. The Labute approximate surface area is 170 Å². The quantitative estimate of drug-likeness (QED) is 0.417. The molecule has 0 fully saturated rings. The van der Waals surface area contributed by atoms with Gasteiger partial charge in [-0.05, 0) is 24.3 Å². The van der Waals surface area contributed by atoms with Crippen molar-refractivity contribution in [1.82, 2.24) is 14.8 Å². The summed E-state index contributed by atoms with van der Waals surface area (Å²) in [6, 6.07) is 12.2. The first kappa shape index (κ1) is 20.5. The molecule has 1 amide bonds. The minimum atomic E-state index is -2.55. The molecule has 3 aromatic rings. The highest BCUT2D eigenvalue weighted by molar-refractivity contribution is 7.99. The van der Waals surface area contributed by atoms with E-state index in [9.17, 15) is 18.7 Å². The van der Waals surface area contributed by atoms with Crippen molar-refractivity contribution >= 4 is 23.4 Å². The van der Waals surface area contributed by atoms with E-state index >= 15 is 0 Å². The van der Waals surface area contributed by atoms with E-state index in [1.165, 1.54) is 36.0 Å². The van der Waals surface area contributed by atoms with Gasteiger partial charge in [0.05, 0.1) is 11.3 Å². The van der Waals surface area contributed by atoms with Gasteiger partial charge < -0.3 is 10.4 Å². The highest BCUT2D eigenvalue weighted by atomic mass is 32.2. The van der Waals surface area contributed by atoms with Gasteiger partial charge in [-0.25, -0.2) is 8.78 Å². The van der Waals surface area contributed by atoms with Crippen molar-refractivity contribution in [3.05, 3.63) is 66.7 Å². The fraction of sp³-hybridized carbons (Fsp3) is 0.150. The number of nitrogens with one attached hydrogen (secondary N) is 1. The van der Waals surface area contributed by atoms with E-state index in [1.54, 1.807) is 34.9 Å². The lowest BCUT2D eigenvalue weighted by atomic mass is 10.2. The summed E-state index contributed by atoms with van der Waals surface area (Å²) in [4.78, 5) is 12.2. The van der Waals surface area contributed by atoms with Crippen LogP contribution in [-0.4, -0.2) is 31.5 Å². The van der Waals surface area contributed by atoms with E-state index in [2.05, 4.69) is 22.1 Å². The zero-order valence-corrected chi connectivity index (χ0v) is 16.1. The van der Waals surface area contributed by atoms with E-state index in [-0.39, 0.29) is 23.0 Å². The molecule has 0 radical (unpaired) electrons. The molecule has 2 aromatic carbocycles. The van der Waals surface area contributed by atoms with Gasteiger partial charge in [0.1, 0.15) is 5.75 Å². The summed E-state index contributed by atoms with van der Waals surface area (Å²) in [7, 11) is 0. The molecule has 150 valence electrons. The number of carbonyl (C=O) groups excluding carboxylic acids is 1. The minimum absolute atomic E-state index is 0.0483. The van der Waals surface area contributed by atoms with Crippen LogP contribution in [0.3, 0.4) is 0 Å². The van der Waals surface area contributed by atoms with Crippen LogP contribution in [0.5, 0.6) is 5.75 Å². The number of halogens is 2. The molecule has 0 aliphatic carbocycles. The number of alkyl halides is 2. The maximum Gasteiger partial charge on any atom is 0.263 e. The highest BCUT2D eigenvalue weighted by Crippen LogP contribution is 2.30. The van der Waals surface area contributed by atoms with Gasteiger partial charge in [-0.3, -0.25) is 9.36 Å². The average Bonchev–Trinajstić information content (AvgIpc) is 3.10. The lowest BCUT2D eigenvalue weighted by molar-refractivity contribution is -0.113. The Morgan fingerprint density at radius 3 is 2.59 bits per heavy atom. The molecule has 0 aliphatic rings. The first-order chi connectivity index (χ1) is 14.0. The molecule has 3 rings (SSSR count). The number of nitrogens with zero attached hydrogens (tertiary/aromatic N) is 3. The van der Waals surface area contributed by atoms with Gasteiger partial charge in [-0.15, -0.1) is 16.8 Å². The first-order valence-electron chi connectivity index (χ1n) is 8.63. The van der Waals surface area contributed by atoms with Gasteiger partial charge in [0.2, 0.25) is 5.91 Å². The summed E-state index contributed by atoms with van der Waals surface area (Å²) in [5.74, 6) is 0.282. The number of thioether (sulfide) groups is 1. The number of phenolic OH excluding ortho intramolecular Hbond substituents is 1. The van der Waals surface area contributed by atoms with Crippen LogP contribution in [0.25, 0.3) is 11.4 Å². The largest absolute Gasteiger partial charge is 0.507 e. The summed E-state index contributed by atoms with van der Waals surface area (Å²) >= 11 is 1.17. The molecule has 6 nitrogen and oxygen atoms in total. The van der Waals surface area contributed by atoms with Crippen LogP contribution in [-0.2, 0) is 11.3 Å². The second-order valence-corrected chi connectivity index (χ2v) is 6.92. The van der Waals surface area contributed by atoms with Crippen molar-refractivity contribution in [2.24, 2.45) is 0 Å². The van der Waals surface area contributed by atoms with E-state index in [1.807, 2.05) is 0 Å². The molecule has 0 saturated carbocycles. The number of amides is 1. The number of rotatable bonds is 8. The van der Waals surface area contributed by atoms with Gasteiger partial charge in [-0.2, -0.15) is 0 Å². The molecular weight excluding hydrogens is 398 g/mol. The van der Waals surface area contributed by atoms with E-state index in [0.29, 0.717) is 28.8 Å². The molecule has 0 aliphatic heterocycles. The molecule has 0 bridgehead atoms. The van der Waals surface area contributed by atoms with Crippen molar-refractivity contribution in [1.29, 1.82) is 0 Å². The fourth-order valence-corrected chi connectivity index (χ4v) is 3.34. The Kier molecular flexibility index (Phi) is 6.61. The van der Waals surface area contributed by atoms with E-state index in [0.717, 1.165) is 0 Å². The number of aromatic hydroxyl groups is 1. The summed E-state index contributed by atoms with van der Waals surface area (Å²) in [5.41, 5.74) is 0.853. The number of anilines is 1. The second kappa shape index (κ2) is 9.33. The Bertz CT molecular complexity index is 1010. The van der Waals surface area contributed by atoms with Crippen LogP contribution >= 0.6 is 11.8 Å². The zero-order valence-electron chi connectivity index (χ0n) is 15.3. The highest BCUT2D eigenvalue weighted by Gasteiger charge is 2.17. The average molecular weight is 416 g/mol. The fourth-order valence-electron chi connectivity index (χ4n) is 2.59. The normalized spacial score (nSPS) is 10.9. The number of aromatic nitrogens is 3. The third-order valence-electron chi connectivity index (χ3n) is 3.95. The Hall–Kier alpha value is -3.20. The van der Waals surface area contributed by atoms with Gasteiger partial charge in [-0.1, -0.05) is 42.1 Å². The lowest BCUT2D eigenvalue weighted by Crippen LogP contribution is -2.14. The number of allylic oxidation sites excluding steroid dienone is 1. The van der Waals surface area contributed by atoms with E-state index in [4.69, 9.17) is 0 Å². The van der Waals surface area contributed by atoms with Crippen molar-refractivity contribution < 1.29 is 18.7 Å². The number of hydrogen-bond donors (Lipinski definition) is 2. The van der Waals surface area contributed by atoms with Crippen LogP contribution in [0.2, 0.25) is 0 Å². The van der Waals surface area contributed by atoms with Gasteiger partial charge in [0, 0.05) is 17.8 Å². The van der Waals surface area contributed by atoms with Crippen LogP contribution in [0, 0.1) is 0 Å². The molecule has 0 spiro atoms. The molecule has 2 N–H and O–H groups in total. The molecule has 0 saturated heterocycles. The van der Waals surface area contributed by atoms with Gasteiger partial charge in [0.15, 0.2) is 11.0 Å². The topological polar surface area (TPSA) is 80.0 Å². The van der Waals surface area contributed by atoms with Crippen molar-refractivity contribution in [2.45, 2.75) is 18.1 Å². The predicted octanol–water partition coefficient (Wildman–Crippen LogP) is 4.51. The molecule has 0 atom stereocenters. The minimum Gasteiger partial charge on any atom is -0.507 e. The summed E-state index contributed by atoms with van der Waals surface area (Å²) in [6.07, 6.45) is -0.883. The van der Waals surface area contributed by atoms with Crippen molar-refractivity contribution in [3.8, 4) is 17.1 Å². The second-order valence-electron chi connectivity index (χ2n) is 5.98. The lowest BCUT2D eigenvalue weighted by Gasteiger charge is -2.09. The smallest absolute Gasteiger partial charge is 0.263 e. The Balaban J connectivity index is 1.69. The third kappa shape index (κ3) is 5.00. The number of phenols is 1. The summed E-state index contributed by atoms with van der Waals surface area (Å²) in [6.45, 7) is 4.12. The summed E-state index contributed by atoms with van der Waals surface area (Å²) < 4.78 is 26.9. The number of para-hydroxylation sites is 1. The number of carbonyl (C=O) groups is 1. The molecule has 9 heteroatoms. The van der Waals surface area contributed by atoms with Gasteiger partial charge >= 0.3 is 0 Å². The third-order valence-corrected chi connectivity index (χ3v) is 4.92. The number of hydrogen-bond acceptors (Lipinski definition) is 5. The van der Waals surface area contributed by atoms with E-state index < -0.39 is 6.43 Å². The van der Waals surface area contributed by atoms with Crippen molar-refractivity contribution in [2.75, 3.05) is 11.1 Å². The van der Waals surface area contributed by atoms with Crippen LogP contribution < -0.4 is 5.32 Å². The molecule has 1 heterocycles. The SMILES string of the molecule is C=CCn1c(SCC(=O)Nc2ccc(C(F)F)cc2)nnc1-c1ccccc1O. The Morgan fingerprint density at radius 1 is 1.21 bits per heavy atom. The number of benzene rings is 2. The molecule has 0 unspecified atom stereocenters. The standard InChI is InChI=1S/C20H18F2N4O2S/c1-2-11-26-19(15-5-3-4-6-16(15)27)24-25-20(26)29-12-17(28)23-14-9-7-13(8-10-14)18(21)22/h2-10,18,27H,1,11-12H2,(H,23,28). The van der Waals surface area contributed by atoms with Crippen LogP contribution in [0.15, 0.2) is 66.3 Å². The van der Waals surface area contributed by atoms with Crippen molar-refractivity contribution in [3.63, 3.8) is 0 Å². The molecule has 29 heavy (non-hydrogen) atoms. The van der Waals surface area contributed by atoms with Crippen LogP contribution in [0.4, 0.5) is 14.5 Å². The Morgan fingerprint density at radius 2 is 1.93 bits per heavy atom.